The summed E-state index contributed by atoms with van der Waals surface area (Å²) in [5.74, 6) is 1.64. The van der Waals surface area contributed by atoms with Crippen molar-refractivity contribution in [3.05, 3.63) is 55.0 Å². The number of aromatic nitrogens is 3. The molecule has 0 aliphatic carbocycles. The lowest BCUT2D eigenvalue weighted by Crippen LogP contribution is -2.12. The third-order valence-corrected chi connectivity index (χ3v) is 2.82. The number of anilines is 1. The second-order valence-corrected chi connectivity index (χ2v) is 4.19. The van der Waals surface area contributed by atoms with Gasteiger partial charge in [0.05, 0.1) is 11.9 Å². The van der Waals surface area contributed by atoms with Gasteiger partial charge in [0.15, 0.2) is 5.65 Å². The van der Waals surface area contributed by atoms with Crippen LogP contribution in [0.15, 0.2) is 55.0 Å². The van der Waals surface area contributed by atoms with Crippen molar-refractivity contribution < 1.29 is 4.74 Å². The van der Waals surface area contributed by atoms with E-state index in [9.17, 15) is 0 Å². The van der Waals surface area contributed by atoms with Crippen LogP contribution in [-0.4, -0.2) is 28.1 Å². The molecular weight excluding hydrogens is 252 g/mol. The highest BCUT2D eigenvalue weighted by Gasteiger charge is 2.02. The molecule has 0 amide bonds. The average Bonchev–Trinajstić information content (AvgIpc) is 2.53. The second-order valence-electron chi connectivity index (χ2n) is 4.19. The van der Waals surface area contributed by atoms with Gasteiger partial charge in [0.2, 0.25) is 0 Å². The zero-order chi connectivity index (χ0) is 13.6. The van der Waals surface area contributed by atoms with Gasteiger partial charge in [0.1, 0.15) is 24.5 Å². The minimum atomic E-state index is 0.565. The van der Waals surface area contributed by atoms with Crippen LogP contribution in [0, 0.1) is 0 Å². The van der Waals surface area contributed by atoms with Crippen LogP contribution in [0.5, 0.6) is 5.75 Å². The fraction of sp³-hybridized carbons (Fsp3) is 0.133. The van der Waals surface area contributed by atoms with Crippen molar-refractivity contribution >= 4 is 16.9 Å². The zero-order valence-electron chi connectivity index (χ0n) is 10.9. The molecule has 2 heterocycles. The van der Waals surface area contributed by atoms with Crippen molar-refractivity contribution in [1.29, 1.82) is 0 Å². The predicted octanol–water partition coefficient (Wildman–Crippen LogP) is 2.52. The molecule has 0 aliphatic heterocycles. The van der Waals surface area contributed by atoms with Crippen molar-refractivity contribution in [2.24, 2.45) is 0 Å². The fourth-order valence-corrected chi connectivity index (χ4v) is 1.89. The maximum Gasteiger partial charge on any atom is 0.164 e. The van der Waals surface area contributed by atoms with Gasteiger partial charge in [-0.1, -0.05) is 18.2 Å². The van der Waals surface area contributed by atoms with Gasteiger partial charge in [-0.15, -0.1) is 0 Å². The summed E-state index contributed by atoms with van der Waals surface area (Å²) < 4.78 is 5.62. The molecular formula is C15H14N4O. The van der Waals surface area contributed by atoms with Gasteiger partial charge >= 0.3 is 0 Å². The van der Waals surface area contributed by atoms with E-state index in [1.807, 2.05) is 42.5 Å². The Kier molecular flexibility index (Phi) is 3.68. The van der Waals surface area contributed by atoms with E-state index in [0.29, 0.717) is 18.8 Å². The van der Waals surface area contributed by atoms with Crippen molar-refractivity contribution in [1.82, 2.24) is 15.0 Å². The van der Waals surface area contributed by atoms with Crippen LogP contribution in [0.2, 0.25) is 0 Å². The Morgan fingerprint density at radius 1 is 0.950 bits per heavy atom. The van der Waals surface area contributed by atoms with E-state index in [0.717, 1.165) is 17.0 Å². The van der Waals surface area contributed by atoms with Crippen molar-refractivity contribution in [3.63, 3.8) is 0 Å². The topological polar surface area (TPSA) is 59.9 Å². The maximum absolute atomic E-state index is 5.62. The van der Waals surface area contributed by atoms with E-state index in [4.69, 9.17) is 4.74 Å². The highest BCUT2D eigenvalue weighted by molar-refractivity contribution is 5.85. The molecule has 5 heteroatoms. The molecule has 0 aliphatic rings. The van der Waals surface area contributed by atoms with Gasteiger partial charge in [0, 0.05) is 6.20 Å². The van der Waals surface area contributed by atoms with Gasteiger partial charge in [-0.05, 0) is 24.3 Å². The summed E-state index contributed by atoms with van der Waals surface area (Å²) in [6, 6.07) is 13.6. The number of hydrogen-bond acceptors (Lipinski definition) is 5. The van der Waals surface area contributed by atoms with Crippen molar-refractivity contribution in [2.75, 3.05) is 18.5 Å². The Bertz CT molecular complexity index is 682. The molecule has 0 bridgehead atoms. The number of nitrogens with zero attached hydrogens (tertiary/aromatic N) is 3. The summed E-state index contributed by atoms with van der Waals surface area (Å²) in [6.07, 6.45) is 3.23. The normalized spacial score (nSPS) is 10.4. The van der Waals surface area contributed by atoms with Crippen LogP contribution in [0.3, 0.4) is 0 Å². The minimum absolute atomic E-state index is 0.565. The highest BCUT2D eigenvalue weighted by atomic mass is 16.5. The molecule has 1 N–H and O–H groups in total. The van der Waals surface area contributed by atoms with E-state index in [1.54, 1.807) is 6.20 Å². The Labute approximate surface area is 116 Å². The largest absolute Gasteiger partial charge is 0.492 e. The number of nitrogens with one attached hydrogen (secondary N) is 1. The van der Waals surface area contributed by atoms with Crippen LogP contribution in [-0.2, 0) is 0 Å². The summed E-state index contributed by atoms with van der Waals surface area (Å²) >= 11 is 0. The lowest BCUT2D eigenvalue weighted by Gasteiger charge is -2.09. The van der Waals surface area contributed by atoms with Gasteiger partial charge in [-0.2, -0.15) is 0 Å². The highest BCUT2D eigenvalue weighted by Crippen LogP contribution is 2.16. The number of para-hydroxylation sites is 1. The van der Waals surface area contributed by atoms with Crippen molar-refractivity contribution in [3.8, 4) is 5.75 Å². The number of pyridine rings is 1. The first-order valence-corrected chi connectivity index (χ1v) is 6.41. The van der Waals surface area contributed by atoms with Gasteiger partial charge < -0.3 is 10.1 Å². The third-order valence-electron chi connectivity index (χ3n) is 2.82. The molecule has 5 nitrogen and oxygen atoms in total. The Morgan fingerprint density at radius 2 is 1.85 bits per heavy atom. The molecule has 1 aromatic carbocycles. The molecule has 20 heavy (non-hydrogen) atoms. The van der Waals surface area contributed by atoms with E-state index in [1.165, 1.54) is 6.33 Å². The predicted molar refractivity (Wildman–Crippen MR) is 77.8 cm³/mol. The molecule has 2 aromatic heterocycles. The van der Waals surface area contributed by atoms with Gasteiger partial charge in [-0.25, -0.2) is 15.0 Å². The minimum Gasteiger partial charge on any atom is -0.492 e. The summed E-state index contributed by atoms with van der Waals surface area (Å²) in [5, 5.41) is 4.15. The van der Waals surface area contributed by atoms with Crippen molar-refractivity contribution in [2.45, 2.75) is 0 Å². The monoisotopic (exact) mass is 266 g/mol. The van der Waals surface area contributed by atoms with Crippen LogP contribution in [0.4, 0.5) is 5.82 Å². The Hall–Kier alpha value is -2.69. The molecule has 0 unspecified atom stereocenters. The lowest BCUT2D eigenvalue weighted by atomic mass is 10.3. The number of hydrogen-bond donors (Lipinski definition) is 1. The van der Waals surface area contributed by atoms with Crippen LogP contribution in [0.25, 0.3) is 11.0 Å². The number of fused-ring (bicyclic) bond motifs is 1. The molecule has 3 rings (SSSR count). The quantitative estimate of drug-likeness (QED) is 0.719. The Balaban J connectivity index is 1.60. The Morgan fingerprint density at radius 3 is 2.75 bits per heavy atom. The van der Waals surface area contributed by atoms with Gasteiger partial charge in [-0.3, -0.25) is 0 Å². The third kappa shape index (κ3) is 2.83. The maximum atomic E-state index is 5.62. The molecule has 0 saturated heterocycles. The van der Waals surface area contributed by atoms with E-state index in [2.05, 4.69) is 20.3 Å². The molecule has 3 aromatic rings. The first-order chi connectivity index (χ1) is 9.93. The van der Waals surface area contributed by atoms with E-state index >= 15 is 0 Å². The first-order valence-electron chi connectivity index (χ1n) is 6.41. The molecule has 100 valence electrons. The lowest BCUT2D eigenvalue weighted by molar-refractivity contribution is 0.333. The van der Waals surface area contributed by atoms with E-state index < -0.39 is 0 Å². The van der Waals surface area contributed by atoms with E-state index in [-0.39, 0.29) is 0 Å². The number of ether oxygens (including phenoxy) is 1. The molecule has 0 atom stereocenters. The van der Waals surface area contributed by atoms with Crippen LogP contribution in [0.1, 0.15) is 0 Å². The molecule has 0 radical (unpaired) electrons. The SMILES string of the molecule is c1ccc(OCCNc2ncnc3ncccc23)cc1. The number of benzene rings is 1. The summed E-state index contributed by atoms with van der Waals surface area (Å²) in [7, 11) is 0. The molecule has 0 fully saturated rings. The first kappa shape index (κ1) is 12.3. The molecule has 0 saturated carbocycles. The van der Waals surface area contributed by atoms with Gasteiger partial charge in [0.25, 0.3) is 0 Å². The summed E-state index contributed by atoms with van der Waals surface area (Å²) in [4.78, 5) is 12.6. The fourth-order valence-electron chi connectivity index (χ4n) is 1.89. The second kappa shape index (κ2) is 5.97. The average molecular weight is 266 g/mol. The standard InChI is InChI=1S/C15H14N4O/c1-2-5-12(6-3-1)20-10-9-17-15-13-7-4-8-16-14(13)18-11-19-15/h1-8,11H,9-10H2,(H,16,17,18,19). The summed E-state index contributed by atoms with van der Waals surface area (Å²) in [5.41, 5.74) is 0.689. The zero-order valence-corrected chi connectivity index (χ0v) is 10.9. The smallest absolute Gasteiger partial charge is 0.164 e. The number of rotatable bonds is 5. The molecule has 0 spiro atoms. The van der Waals surface area contributed by atoms with Crippen LogP contribution < -0.4 is 10.1 Å². The summed E-state index contributed by atoms with van der Waals surface area (Å²) in [6.45, 7) is 1.23. The van der Waals surface area contributed by atoms with Crippen LogP contribution >= 0.6 is 0 Å².